The van der Waals surface area contributed by atoms with E-state index in [0.717, 1.165) is 6.54 Å². The summed E-state index contributed by atoms with van der Waals surface area (Å²) in [6.45, 7) is 3.75. The number of hydrogen-bond acceptors (Lipinski definition) is 2. The van der Waals surface area contributed by atoms with Crippen LogP contribution in [-0.2, 0) is 0 Å². The van der Waals surface area contributed by atoms with Crippen LogP contribution in [0, 0.1) is 6.42 Å². The second-order valence-corrected chi connectivity index (χ2v) is 3.89. The number of nitrogens with one attached hydrogen (secondary N) is 1. The maximum atomic E-state index is 3.56. The Morgan fingerprint density at radius 2 is 2.00 bits per heavy atom. The average Bonchev–Trinajstić information content (AvgIpc) is 2.21. The van der Waals surface area contributed by atoms with Crippen LogP contribution in [0.4, 0.5) is 0 Å². The van der Waals surface area contributed by atoms with Gasteiger partial charge in [-0.15, -0.1) is 0 Å². The molecule has 1 N–H and O–H groups in total. The van der Waals surface area contributed by atoms with E-state index < -0.39 is 0 Å². The molecule has 2 heterocycles. The van der Waals surface area contributed by atoms with Crippen molar-refractivity contribution in [3.05, 3.63) is 6.42 Å². The van der Waals surface area contributed by atoms with Crippen molar-refractivity contribution < 1.29 is 0 Å². The Balaban J connectivity index is 1.80. The third kappa shape index (κ3) is 1.99. The number of likely N-dealkylation sites (tertiary alicyclic amines) is 1. The summed E-state index contributed by atoms with van der Waals surface area (Å²) in [5.74, 6) is 0. The first-order chi connectivity index (χ1) is 5.97. The summed E-state index contributed by atoms with van der Waals surface area (Å²) in [6.07, 6.45) is 9.91. The van der Waals surface area contributed by atoms with Crippen LogP contribution in [0.25, 0.3) is 0 Å². The minimum Gasteiger partial charge on any atom is -0.301 e. The smallest absolute Gasteiger partial charge is 0.0597 e. The Kier molecular flexibility index (Phi) is 3.01. The summed E-state index contributed by atoms with van der Waals surface area (Å²) in [6, 6.07) is 0. The SMILES string of the molecule is [CH]1CCC(N2CCCCC2)NC1. The lowest BCUT2D eigenvalue weighted by atomic mass is 10.1. The standard InChI is InChI=1S/C10H19N2/c1-4-8-12(9-5-1)10-6-2-3-7-11-10/h3,10-11H,1-2,4-9H2. The zero-order valence-electron chi connectivity index (χ0n) is 7.76. The van der Waals surface area contributed by atoms with Gasteiger partial charge >= 0.3 is 0 Å². The van der Waals surface area contributed by atoms with Gasteiger partial charge in [-0.2, -0.15) is 0 Å². The molecule has 2 rings (SSSR count). The van der Waals surface area contributed by atoms with Gasteiger partial charge in [-0.05, 0) is 51.7 Å². The monoisotopic (exact) mass is 167 g/mol. The van der Waals surface area contributed by atoms with Gasteiger partial charge in [0, 0.05) is 0 Å². The molecule has 69 valence electrons. The Morgan fingerprint density at radius 3 is 2.67 bits per heavy atom. The summed E-state index contributed by atoms with van der Waals surface area (Å²) in [5, 5.41) is 3.56. The molecule has 1 radical (unpaired) electrons. The van der Waals surface area contributed by atoms with Gasteiger partial charge in [-0.3, -0.25) is 4.90 Å². The topological polar surface area (TPSA) is 15.3 Å². The minimum atomic E-state index is 0.690. The molecule has 2 nitrogen and oxygen atoms in total. The van der Waals surface area contributed by atoms with Crippen LogP contribution in [0.15, 0.2) is 0 Å². The number of hydrogen-bond donors (Lipinski definition) is 1. The summed E-state index contributed by atoms with van der Waals surface area (Å²) in [7, 11) is 0. The maximum Gasteiger partial charge on any atom is 0.0597 e. The number of nitrogens with zero attached hydrogens (tertiary/aromatic N) is 1. The lowest BCUT2D eigenvalue weighted by molar-refractivity contribution is 0.123. The van der Waals surface area contributed by atoms with Gasteiger partial charge in [0.1, 0.15) is 0 Å². The van der Waals surface area contributed by atoms with Crippen LogP contribution < -0.4 is 5.32 Å². The Hall–Kier alpha value is -0.0800. The Morgan fingerprint density at radius 1 is 1.17 bits per heavy atom. The molecule has 1 unspecified atom stereocenters. The van der Waals surface area contributed by atoms with Crippen molar-refractivity contribution in [3.63, 3.8) is 0 Å². The van der Waals surface area contributed by atoms with E-state index in [1.54, 1.807) is 0 Å². The third-order valence-corrected chi connectivity index (χ3v) is 2.97. The zero-order valence-corrected chi connectivity index (χ0v) is 7.76. The second-order valence-electron chi connectivity index (χ2n) is 3.89. The highest BCUT2D eigenvalue weighted by atomic mass is 15.3. The Bertz CT molecular complexity index is 108. The maximum absolute atomic E-state index is 3.56. The van der Waals surface area contributed by atoms with Crippen molar-refractivity contribution in [2.24, 2.45) is 0 Å². The lowest BCUT2D eigenvalue weighted by Crippen LogP contribution is -2.50. The van der Waals surface area contributed by atoms with E-state index >= 15 is 0 Å². The van der Waals surface area contributed by atoms with Crippen LogP contribution in [0.5, 0.6) is 0 Å². The van der Waals surface area contributed by atoms with Crippen molar-refractivity contribution in [2.75, 3.05) is 19.6 Å². The molecule has 0 saturated carbocycles. The molecular weight excluding hydrogens is 148 g/mol. The second kappa shape index (κ2) is 4.24. The first-order valence-corrected chi connectivity index (χ1v) is 5.26. The van der Waals surface area contributed by atoms with E-state index in [1.807, 2.05) is 0 Å². The molecule has 0 amide bonds. The van der Waals surface area contributed by atoms with Crippen molar-refractivity contribution in [1.82, 2.24) is 10.2 Å². The van der Waals surface area contributed by atoms with Gasteiger partial charge in [0.15, 0.2) is 0 Å². The molecule has 2 fully saturated rings. The fraction of sp³-hybridized carbons (Fsp3) is 0.900. The minimum absolute atomic E-state index is 0.690. The van der Waals surface area contributed by atoms with Gasteiger partial charge in [0.25, 0.3) is 0 Å². The van der Waals surface area contributed by atoms with Crippen LogP contribution in [0.2, 0.25) is 0 Å². The summed E-state index contributed by atoms with van der Waals surface area (Å²) >= 11 is 0. The Labute approximate surface area is 75.3 Å². The van der Waals surface area contributed by atoms with E-state index in [0.29, 0.717) is 6.17 Å². The molecule has 0 bridgehead atoms. The molecule has 0 aromatic rings. The van der Waals surface area contributed by atoms with Crippen LogP contribution in [0.3, 0.4) is 0 Å². The zero-order chi connectivity index (χ0) is 8.23. The fourth-order valence-corrected chi connectivity index (χ4v) is 2.24. The molecule has 0 spiro atoms. The molecule has 0 aromatic carbocycles. The van der Waals surface area contributed by atoms with Crippen molar-refractivity contribution in [3.8, 4) is 0 Å². The van der Waals surface area contributed by atoms with Crippen molar-refractivity contribution in [2.45, 2.75) is 38.3 Å². The molecule has 2 aliphatic rings. The quantitative estimate of drug-likeness (QED) is 0.635. The molecule has 2 heteroatoms. The molecular formula is C10H19N2. The largest absolute Gasteiger partial charge is 0.301 e. The van der Waals surface area contributed by atoms with E-state index in [9.17, 15) is 0 Å². The normalized spacial score (nSPS) is 33.5. The fourth-order valence-electron chi connectivity index (χ4n) is 2.24. The van der Waals surface area contributed by atoms with Crippen molar-refractivity contribution in [1.29, 1.82) is 0 Å². The molecule has 2 saturated heterocycles. The summed E-state index contributed by atoms with van der Waals surface area (Å²) in [5.41, 5.74) is 0. The summed E-state index contributed by atoms with van der Waals surface area (Å²) in [4.78, 5) is 2.62. The average molecular weight is 167 g/mol. The van der Waals surface area contributed by atoms with Gasteiger partial charge in [0.2, 0.25) is 0 Å². The van der Waals surface area contributed by atoms with Crippen LogP contribution in [-0.4, -0.2) is 30.7 Å². The number of rotatable bonds is 1. The molecule has 12 heavy (non-hydrogen) atoms. The first-order valence-electron chi connectivity index (χ1n) is 5.26. The molecule has 2 aliphatic heterocycles. The lowest BCUT2D eigenvalue weighted by Gasteiger charge is -2.37. The van der Waals surface area contributed by atoms with E-state index in [-0.39, 0.29) is 0 Å². The van der Waals surface area contributed by atoms with E-state index in [4.69, 9.17) is 0 Å². The highest BCUT2D eigenvalue weighted by Gasteiger charge is 2.21. The van der Waals surface area contributed by atoms with Gasteiger partial charge in [-0.1, -0.05) is 6.42 Å². The highest BCUT2D eigenvalue weighted by Crippen LogP contribution is 2.16. The molecule has 0 aliphatic carbocycles. The van der Waals surface area contributed by atoms with Gasteiger partial charge in [0.05, 0.1) is 6.17 Å². The van der Waals surface area contributed by atoms with Crippen molar-refractivity contribution >= 4 is 0 Å². The van der Waals surface area contributed by atoms with E-state index in [2.05, 4.69) is 16.6 Å². The number of piperidine rings is 2. The molecule has 1 atom stereocenters. The van der Waals surface area contributed by atoms with Crippen LogP contribution >= 0.6 is 0 Å². The van der Waals surface area contributed by atoms with E-state index in [1.165, 1.54) is 45.2 Å². The predicted octanol–water partition coefficient (Wildman–Crippen LogP) is 1.39. The third-order valence-electron chi connectivity index (χ3n) is 2.97. The van der Waals surface area contributed by atoms with Gasteiger partial charge in [-0.25, -0.2) is 0 Å². The highest BCUT2D eigenvalue weighted by molar-refractivity contribution is 4.83. The predicted molar refractivity (Wildman–Crippen MR) is 50.7 cm³/mol. The molecule has 0 aromatic heterocycles. The summed E-state index contributed by atoms with van der Waals surface area (Å²) < 4.78 is 0. The van der Waals surface area contributed by atoms with Crippen LogP contribution in [0.1, 0.15) is 32.1 Å². The first kappa shape index (κ1) is 8.52. The van der Waals surface area contributed by atoms with Gasteiger partial charge < -0.3 is 5.32 Å².